The summed E-state index contributed by atoms with van der Waals surface area (Å²) in [6.45, 7) is 29.0. The number of aliphatic carboxylic acids is 1. The zero-order valence-electron chi connectivity index (χ0n) is 69.1. The number of hydrogen-bond donors (Lipinski definition) is 2. The number of aromatic hydroxyl groups is 1. The molecule has 0 unspecified atom stereocenters. The number of allylic oxidation sites excluding steroid dienone is 2. The van der Waals surface area contributed by atoms with Gasteiger partial charge in [0.05, 0.1) is 124 Å². The van der Waals surface area contributed by atoms with E-state index < -0.39 is 27.1 Å². The molecule has 2 aliphatic heterocycles. The van der Waals surface area contributed by atoms with Gasteiger partial charge in [0.1, 0.15) is 17.2 Å². The summed E-state index contributed by atoms with van der Waals surface area (Å²) in [5.41, 5.74) is 1.06. The van der Waals surface area contributed by atoms with E-state index in [0.29, 0.717) is 131 Å². The minimum absolute atomic E-state index is 0.0277. The Kier molecular flexibility index (Phi) is 45.4. The number of carboxylic acid groups (broad SMARTS) is 1. The van der Waals surface area contributed by atoms with Crippen molar-refractivity contribution in [3.05, 3.63) is 110 Å². The van der Waals surface area contributed by atoms with Crippen molar-refractivity contribution in [2.24, 2.45) is 71.0 Å². The molecule has 0 amide bonds. The number of hydrogen-bond acceptors (Lipinski definition) is 25. The fourth-order valence-electron chi connectivity index (χ4n) is 17.2. The summed E-state index contributed by atoms with van der Waals surface area (Å²) in [7, 11) is 7.36. The molecule has 2 heterocycles. The van der Waals surface area contributed by atoms with E-state index in [-0.39, 0.29) is 88.5 Å². The van der Waals surface area contributed by atoms with E-state index in [1.165, 1.54) is 47.0 Å². The monoisotopic (exact) mass is 1800 g/mol. The first-order valence-electron chi connectivity index (χ1n) is 42.4. The molecule has 0 atom stereocenters. The Morgan fingerprint density at radius 1 is 0.413 bits per heavy atom. The summed E-state index contributed by atoms with van der Waals surface area (Å²) in [6, 6.07) is 10.6. The standard InChI is InChI=1S/C56H72N2O12S2.C23H36O6.C11H6N2OS2.Cl2OS/c1-4-48(59)65-32-10-6-8-12-34-67-52(61)41-22-14-37(15-23-41)39-18-26-43(27-19-39)54(63)69-46-30-31-47(51-50(46)71-56(72-51)45(36-57)58-3)70-55(64)44-28-20-40(21-29-44)38-16-24-42(25-17-38)53(62)68-35-13-9-7-11-33-66-49(60)5-2;1-2-21(24)28-15-5-3-4-6-16-29-23(27)20-13-9-18(10-14-20)17-7-11-19(12-8-17)22(25)26;1-6-3-4-8(14)10-9(6)15-11(16-10)7(5-12)13-2;1-4(2)3/h4-5,30-31,37-44H,1-2,6-29,32-35H2;2,17-20H,1,3-16H2,(H,25,26);3-4,14H,1H3;/b;;11-7-;. The molecule has 0 saturated heterocycles. The highest BCUT2D eigenvalue weighted by molar-refractivity contribution is 8.26. The van der Waals surface area contributed by atoms with Gasteiger partial charge < -0.3 is 48.1 Å². The Balaban J connectivity index is 0.000000331. The van der Waals surface area contributed by atoms with Gasteiger partial charge in [-0.25, -0.2) is 38.8 Å². The van der Waals surface area contributed by atoms with E-state index in [4.69, 9.17) is 65.6 Å². The zero-order valence-corrected chi connectivity index (χ0v) is 74.7. The smallest absolute Gasteiger partial charge is 0.330 e. The van der Waals surface area contributed by atoms with Crippen molar-refractivity contribution in [3.8, 4) is 29.4 Å². The molecule has 0 spiro atoms. The third-order valence-corrected chi connectivity index (χ3v) is 29.4. The second-order valence-corrected chi connectivity index (χ2v) is 38.9. The third kappa shape index (κ3) is 33.7. The largest absolute Gasteiger partial charge is 0.507 e. The maximum Gasteiger partial charge on any atom is 0.330 e. The molecule has 6 saturated carbocycles. The topological polar surface area (TPSA) is 341 Å². The van der Waals surface area contributed by atoms with E-state index >= 15 is 0 Å². The molecular formula is C90H114Cl2N4O20S5. The number of benzene rings is 2. The van der Waals surface area contributed by atoms with Gasteiger partial charge in [-0.2, -0.15) is 0 Å². The van der Waals surface area contributed by atoms with Crippen LogP contribution < -0.4 is 9.47 Å². The maximum absolute atomic E-state index is 13.7. The van der Waals surface area contributed by atoms with Gasteiger partial charge in [0.15, 0.2) is 0 Å². The van der Waals surface area contributed by atoms with Crippen molar-refractivity contribution in [3.63, 3.8) is 0 Å². The van der Waals surface area contributed by atoms with Crippen LogP contribution in [0.5, 0.6) is 17.2 Å². The van der Waals surface area contributed by atoms with Crippen LogP contribution in [-0.2, 0) is 80.8 Å². The number of fused-ring (bicyclic) bond motifs is 2. The molecule has 2 aromatic rings. The minimum atomic E-state index is -1.67. The Labute approximate surface area is 740 Å². The van der Waals surface area contributed by atoms with Crippen LogP contribution in [0.2, 0.25) is 0 Å². The third-order valence-electron chi connectivity index (χ3n) is 24.1. The van der Waals surface area contributed by atoms with Crippen LogP contribution in [0.25, 0.3) is 9.69 Å². The predicted octanol–water partition coefficient (Wildman–Crippen LogP) is 21.3. The van der Waals surface area contributed by atoms with Crippen molar-refractivity contribution in [2.45, 2.75) is 258 Å². The summed E-state index contributed by atoms with van der Waals surface area (Å²) < 4.78 is 53.9. The van der Waals surface area contributed by atoms with Crippen LogP contribution in [-0.4, -0.2) is 108 Å². The summed E-state index contributed by atoms with van der Waals surface area (Å²) >= 11 is 5.05. The number of nitriles is 2. The van der Waals surface area contributed by atoms with Crippen LogP contribution in [0.3, 0.4) is 0 Å². The van der Waals surface area contributed by atoms with Gasteiger partial charge in [-0.3, -0.25) is 28.8 Å². The molecule has 0 aromatic heterocycles. The number of unbranched alkanes of at least 4 members (excludes halogenated alkanes) is 9. The molecule has 10 rings (SSSR count). The lowest BCUT2D eigenvalue weighted by Gasteiger charge is -2.36. The fourth-order valence-corrected chi connectivity index (χ4v) is 22.2. The number of aryl methyl sites for hydroxylation is 1. The summed E-state index contributed by atoms with van der Waals surface area (Å²) in [4.78, 5) is 119. The second kappa shape index (κ2) is 54.8. The second-order valence-electron chi connectivity index (χ2n) is 31.8. The Hall–Kier alpha value is -7.74. The molecule has 31 heteroatoms. The number of nitrogens with zero attached hydrogens (tertiary/aromatic N) is 4. The first-order valence-corrected chi connectivity index (χ1v) is 48.5. The normalized spacial score (nSPS) is 23.6. The number of thioether (sulfide) groups is 4. The van der Waals surface area contributed by atoms with Crippen LogP contribution in [0, 0.1) is 114 Å². The van der Waals surface area contributed by atoms with Gasteiger partial charge in [-0.1, -0.05) is 72.9 Å². The summed E-state index contributed by atoms with van der Waals surface area (Å²) in [6.07, 6.45) is 34.9. The number of carbonyl (C=O) groups excluding carboxylic acids is 8. The molecule has 121 heavy (non-hydrogen) atoms. The van der Waals surface area contributed by atoms with E-state index in [1.54, 1.807) is 18.2 Å². The van der Waals surface area contributed by atoms with E-state index in [9.17, 15) is 53.5 Å². The zero-order chi connectivity index (χ0) is 87.6. The van der Waals surface area contributed by atoms with Crippen LogP contribution >= 0.6 is 68.4 Å². The number of carboxylic acids is 1. The van der Waals surface area contributed by atoms with Crippen LogP contribution in [0.1, 0.15) is 237 Å². The van der Waals surface area contributed by atoms with E-state index in [1.807, 2.05) is 25.1 Å². The number of carbonyl (C=O) groups is 9. The molecule has 2 N–H and O–H groups in total. The number of halogens is 2. The van der Waals surface area contributed by atoms with E-state index in [0.717, 1.165) is 239 Å². The highest BCUT2D eigenvalue weighted by Gasteiger charge is 2.41. The SMILES string of the molecule is C=CC(=O)OCCCCCCOC(=O)C1CCC(C2CCC(C(=O)O)CC2)CC1.O=S(Cl)Cl.[C-]#[N+]/C(C#N)=C1/Sc2c(C)ccc(O)c2S1.[C-]#[N+]C(C#N)=C1Sc2c(OC(=O)C3CCC(C4CCC(C(=O)OCCCCCCOC(=O)C=C)CC4)CC3)ccc(OC(=O)C3CCC(C4CCC(C(=O)OCCCCCCOC(=O)C=C)CC4)CC3)c2S1. The molecule has 6 fully saturated rings. The minimum Gasteiger partial charge on any atom is -0.507 e. The summed E-state index contributed by atoms with van der Waals surface area (Å²) in [5.74, 6) is 0.576. The fraction of sp³-hybridized carbons (Fsp3) is 0.611. The molecule has 6 aliphatic carbocycles. The molecule has 24 nitrogen and oxygen atoms in total. The number of phenols is 1. The maximum atomic E-state index is 13.7. The number of esters is 8. The average Bonchev–Trinajstić information content (AvgIpc) is 1.64. The number of phenolic OH excluding ortho intramolecular Hbond substituents is 1. The van der Waals surface area contributed by atoms with Crippen molar-refractivity contribution >= 4 is 131 Å². The van der Waals surface area contributed by atoms with Crippen molar-refractivity contribution < 1.29 is 95.5 Å². The van der Waals surface area contributed by atoms with Gasteiger partial charge in [0.25, 0.3) is 11.4 Å². The molecular weight excluding hydrogens is 1690 g/mol. The lowest BCUT2D eigenvalue weighted by atomic mass is 9.69. The van der Waals surface area contributed by atoms with Gasteiger partial charge in [-0.05, 0) is 297 Å². The first-order chi connectivity index (χ1) is 58.4. The first kappa shape index (κ1) is 100. The van der Waals surface area contributed by atoms with Crippen molar-refractivity contribution in [1.29, 1.82) is 10.5 Å². The van der Waals surface area contributed by atoms with Crippen molar-refractivity contribution in [2.75, 3.05) is 39.6 Å². The van der Waals surface area contributed by atoms with Gasteiger partial charge in [0, 0.05) is 44.5 Å². The van der Waals surface area contributed by atoms with Crippen LogP contribution in [0.15, 0.2) is 102 Å². The molecule has 0 bridgehead atoms. The Morgan fingerprint density at radius 3 is 0.909 bits per heavy atom. The number of rotatable bonds is 35. The molecule has 0 radical (unpaired) electrons. The highest BCUT2D eigenvalue weighted by Crippen LogP contribution is 2.60. The van der Waals surface area contributed by atoms with Gasteiger partial charge in [0.2, 0.25) is 9.23 Å². The Morgan fingerprint density at radius 2 is 0.661 bits per heavy atom. The van der Waals surface area contributed by atoms with E-state index in [2.05, 4.69) is 50.8 Å². The molecule has 8 aliphatic rings. The van der Waals surface area contributed by atoms with Crippen molar-refractivity contribution in [1.82, 2.24) is 0 Å². The predicted molar refractivity (Wildman–Crippen MR) is 464 cm³/mol. The molecule has 658 valence electrons. The molecule has 2 aromatic carbocycles. The summed E-state index contributed by atoms with van der Waals surface area (Å²) in [5, 5.41) is 37.3. The van der Waals surface area contributed by atoms with Gasteiger partial charge >= 0.3 is 53.7 Å². The highest BCUT2D eigenvalue weighted by atomic mass is 36.0. The lowest BCUT2D eigenvalue weighted by molar-refractivity contribution is -0.151. The quantitative estimate of drug-likeness (QED) is 0.00946. The van der Waals surface area contributed by atoms with Crippen LogP contribution in [0.4, 0.5) is 0 Å². The number of ether oxygens (including phenoxy) is 8. The Bertz CT molecular complexity index is 3940. The van der Waals surface area contributed by atoms with Gasteiger partial charge in [-0.15, -0.1) is 0 Å². The average molecular weight is 1800 g/mol. The lowest BCUT2D eigenvalue weighted by Crippen LogP contribution is -2.31.